The van der Waals surface area contributed by atoms with E-state index in [9.17, 15) is 4.79 Å². The third-order valence-electron chi connectivity index (χ3n) is 6.20. The lowest BCUT2D eigenvalue weighted by molar-refractivity contribution is -0.143. The lowest BCUT2D eigenvalue weighted by atomic mass is 9.52. The van der Waals surface area contributed by atoms with Crippen molar-refractivity contribution < 1.29 is 9.53 Å². The molecule has 0 saturated carbocycles. The van der Waals surface area contributed by atoms with E-state index < -0.39 is 0 Å². The van der Waals surface area contributed by atoms with E-state index in [4.69, 9.17) is 4.74 Å². The van der Waals surface area contributed by atoms with Crippen LogP contribution in [0.25, 0.3) is 0 Å². The summed E-state index contributed by atoms with van der Waals surface area (Å²) in [6.07, 6.45) is 1.14. The second-order valence-corrected chi connectivity index (χ2v) is 7.41. The highest BCUT2D eigenvalue weighted by atomic mass is 16.5. The van der Waals surface area contributed by atoms with E-state index in [2.05, 4.69) is 72.8 Å². The third kappa shape index (κ3) is 2.16. The van der Waals surface area contributed by atoms with Crippen molar-refractivity contribution >= 4 is 5.97 Å². The molecule has 0 saturated heterocycles. The zero-order valence-electron chi connectivity index (χ0n) is 15.4. The number of rotatable bonds is 4. The molecule has 0 aromatic heterocycles. The van der Waals surface area contributed by atoms with Gasteiger partial charge in [0, 0.05) is 17.8 Å². The standard InChI is InChI=1S/C25H22O2/c1-2-27-23(26)15-16-25-20-12-6-3-9-17(20)24(18-10-4-7-13-21(18)25)19-11-5-8-14-22(19)25/h3-14,24H,2,15-16H2,1H3. The Bertz CT molecular complexity index is 918. The highest BCUT2D eigenvalue weighted by molar-refractivity contribution is 5.74. The quantitative estimate of drug-likeness (QED) is 0.604. The lowest BCUT2D eigenvalue weighted by Crippen LogP contribution is -2.42. The van der Waals surface area contributed by atoms with E-state index in [-0.39, 0.29) is 17.3 Å². The predicted molar refractivity (Wildman–Crippen MR) is 106 cm³/mol. The number of benzene rings is 3. The molecule has 2 nitrogen and oxygen atoms in total. The third-order valence-corrected chi connectivity index (χ3v) is 6.20. The molecule has 2 bridgehead atoms. The van der Waals surface area contributed by atoms with Crippen molar-refractivity contribution in [1.29, 1.82) is 0 Å². The summed E-state index contributed by atoms with van der Waals surface area (Å²) in [5, 5.41) is 0. The first kappa shape index (κ1) is 16.3. The van der Waals surface area contributed by atoms with Gasteiger partial charge < -0.3 is 4.74 Å². The van der Waals surface area contributed by atoms with Crippen LogP contribution in [0.2, 0.25) is 0 Å². The normalized spacial score (nSPS) is 21.1. The second-order valence-electron chi connectivity index (χ2n) is 7.41. The molecular weight excluding hydrogens is 332 g/mol. The van der Waals surface area contributed by atoms with E-state index in [1.807, 2.05) is 6.92 Å². The lowest BCUT2D eigenvalue weighted by Gasteiger charge is -2.50. The van der Waals surface area contributed by atoms with Crippen molar-refractivity contribution in [2.75, 3.05) is 6.61 Å². The van der Waals surface area contributed by atoms with Crippen molar-refractivity contribution in [3.63, 3.8) is 0 Å². The maximum Gasteiger partial charge on any atom is 0.305 e. The van der Waals surface area contributed by atoms with Gasteiger partial charge in [0.05, 0.1) is 6.61 Å². The van der Waals surface area contributed by atoms with Crippen molar-refractivity contribution in [1.82, 2.24) is 0 Å². The van der Waals surface area contributed by atoms with Gasteiger partial charge in [-0.1, -0.05) is 72.8 Å². The number of hydrogen-bond acceptors (Lipinski definition) is 2. The fourth-order valence-electron chi connectivity index (χ4n) is 5.28. The van der Waals surface area contributed by atoms with Crippen LogP contribution in [0.1, 0.15) is 59.1 Å². The van der Waals surface area contributed by atoms with Gasteiger partial charge in [-0.05, 0) is 46.7 Å². The van der Waals surface area contributed by atoms with Crippen LogP contribution in [-0.2, 0) is 14.9 Å². The molecule has 2 heteroatoms. The highest BCUT2D eigenvalue weighted by Crippen LogP contribution is 2.60. The van der Waals surface area contributed by atoms with E-state index in [0.29, 0.717) is 13.0 Å². The van der Waals surface area contributed by atoms with Gasteiger partial charge >= 0.3 is 5.97 Å². The Hall–Kier alpha value is -2.87. The van der Waals surface area contributed by atoms with Crippen LogP contribution in [-0.4, -0.2) is 12.6 Å². The van der Waals surface area contributed by atoms with Crippen LogP contribution in [0.3, 0.4) is 0 Å². The number of hydrogen-bond donors (Lipinski definition) is 0. The fourth-order valence-corrected chi connectivity index (χ4v) is 5.28. The Balaban J connectivity index is 1.78. The molecule has 0 heterocycles. The summed E-state index contributed by atoms with van der Waals surface area (Å²) < 4.78 is 5.26. The fraction of sp³-hybridized carbons (Fsp3) is 0.240. The molecule has 0 aliphatic heterocycles. The van der Waals surface area contributed by atoms with Crippen LogP contribution in [0.5, 0.6) is 0 Å². The van der Waals surface area contributed by atoms with E-state index >= 15 is 0 Å². The van der Waals surface area contributed by atoms with Crippen LogP contribution < -0.4 is 0 Å². The van der Waals surface area contributed by atoms with Crippen molar-refractivity contribution in [3.8, 4) is 0 Å². The number of carbonyl (C=O) groups is 1. The first-order valence-electron chi connectivity index (χ1n) is 9.71. The maximum atomic E-state index is 12.3. The topological polar surface area (TPSA) is 26.3 Å². The summed E-state index contributed by atoms with van der Waals surface area (Å²) in [5.74, 6) is 0.157. The molecule has 0 N–H and O–H groups in total. The van der Waals surface area contributed by atoms with E-state index in [1.54, 1.807) is 0 Å². The van der Waals surface area contributed by atoms with Crippen molar-refractivity contribution in [3.05, 3.63) is 106 Å². The molecule has 0 amide bonds. The summed E-state index contributed by atoms with van der Waals surface area (Å²) in [5.41, 5.74) is 7.87. The van der Waals surface area contributed by atoms with Gasteiger partial charge in [-0.3, -0.25) is 4.79 Å². The van der Waals surface area contributed by atoms with Gasteiger partial charge in [-0.15, -0.1) is 0 Å². The van der Waals surface area contributed by atoms with Crippen LogP contribution >= 0.6 is 0 Å². The monoisotopic (exact) mass is 354 g/mol. The molecular formula is C25H22O2. The molecule has 0 fully saturated rings. The summed E-state index contributed by atoms with van der Waals surface area (Å²) in [6.45, 7) is 2.29. The Morgan fingerprint density at radius 2 is 1.26 bits per heavy atom. The predicted octanol–water partition coefficient (Wildman–Crippen LogP) is 5.17. The van der Waals surface area contributed by atoms with E-state index in [1.165, 1.54) is 33.4 Å². The molecule has 0 spiro atoms. The molecule has 0 unspecified atom stereocenters. The number of ether oxygens (including phenoxy) is 1. The van der Waals surface area contributed by atoms with Crippen LogP contribution in [0.15, 0.2) is 72.8 Å². The van der Waals surface area contributed by atoms with Gasteiger partial charge in [0.2, 0.25) is 0 Å². The molecule has 3 aromatic carbocycles. The van der Waals surface area contributed by atoms with Gasteiger partial charge in [-0.25, -0.2) is 0 Å². The zero-order valence-corrected chi connectivity index (χ0v) is 15.4. The SMILES string of the molecule is CCOC(=O)CCC12c3ccccc3C(c3ccccc31)c1ccccc12. The van der Waals surface area contributed by atoms with Gasteiger partial charge in [-0.2, -0.15) is 0 Å². The minimum Gasteiger partial charge on any atom is -0.466 e. The van der Waals surface area contributed by atoms with Gasteiger partial charge in [0.15, 0.2) is 0 Å². The van der Waals surface area contributed by atoms with Crippen molar-refractivity contribution in [2.24, 2.45) is 0 Å². The number of esters is 1. The Morgan fingerprint density at radius 3 is 1.70 bits per heavy atom. The highest BCUT2D eigenvalue weighted by Gasteiger charge is 2.51. The molecule has 3 aromatic rings. The van der Waals surface area contributed by atoms with Crippen molar-refractivity contribution in [2.45, 2.75) is 31.1 Å². The molecule has 3 aliphatic carbocycles. The average molecular weight is 354 g/mol. The summed E-state index contributed by atoms with van der Waals surface area (Å²) in [4.78, 5) is 12.3. The molecule has 134 valence electrons. The minimum absolute atomic E-state index is 0.119. The molecule has 6 rings (SSSR count). The summed E-state index contributed by atoms with van der Waals surface area (Å²) >= 11 is 0. The minimum atomic E-state index is -0.286. The van der Waals surface area contributed by atoms with Crippen LogP contribution in [0.4, 0.5) is 0 Å². The maximum absolute atomic E-state index is 12.3. The first-order chi connectivity index (χ1) is 13.3. The molecule has 0 radical (unpaired) electrons. The summed E-state index contributed by atoms with van der Waals surface area (Å²) in [7, 11) is 0. The van der Waals surface area contributed by atoms with Gasteiger partial charge in [0.1, 0.15) is 0 Å². The average Bonchev–Trinajstić information content (AvgIpc) is 2.72. The Kier molecular flexibility index (Phi) is 3.68. The zero-order chi connectivity index (χ0) is 18.4. The summed E-state index contributed by atoms with van der Waals surface area (Å²) in [6, 6.07) is 26.3. The Morgan fingerprint density at radius 1 is 0.815 bits per heavy atom. The largest absolute Gasteiger partial charge is 0.466 e. The van der Waals surface area contributed by atoms with E-state index in [0.717, 1.165) is 6.42 Å². The second kappa shape index (κ2) is 6.09. The first-order valence-corrected chi connectivity index (χ1v) is 9.71. The smallest absolute Gasteiger partial charge is 0.305 e. The van der Waals surface area contributed by atoms with Gasteiger partial charge in [0.25, 0.3) is 0 Å². The Labute approximate surface area is 159 Å². The van der Waals surface area contributed by atoms with Crippen LogP contribution in [0, 0.1) is 0 Å². The molecule has 3 aliphatic rings. The molecule has 27 heavy (non-hydrogen) atoms. The molecule has 0 atom stereocenters. The number of carbonyl (C=O) groups excluding carboxylic acids is 1.